The molecule has 6 heteroatoms. The summed E-state index contributed by atoms with van der Waals surface area (Å²) >= 11 is 5.10. The first-order valence-electron chi connectivity index (χ1n) is 5.93. The van der Waals surface area contributed by atoms with Crippen molar-refractivity contribution in [1.82, 2.24) is 0 Å². The second-order valence-corrected chi connectivity index (χ2v) is 6.88. The van der Waals surface area contributed by atoms with E-state index in [1.54, 1.807) is 11.3 Å². The third-order valence-electron chi connectivity index (χ3n) is 2.81. The van der Waals surface area contributed by atoms with Crippen LogP contribution in [0.2, 0.25) is 0 Å². The minimum absolute atomic E-state index is 0. The van der Waals surface area contributed by atoms with Crippen LogP contribution in [0.3, 0.4) is 0 Å². The number of nitrogens with two attached hydrogens (primary N) is 1. The Morgan fingerprint density at radius 1 is 1.25 bits per heavy atom. The standard InChI is InChI=1S/C14H16BrN3S.HI/c1-9-3-4-11(7-10(9)2)18-14(16)17-8-12-5-6-13(15)19-12;/h3-7H,8H2,1-2H3,(H3,16,17,18);1H. The number of rotatable bonds is 3. The van der Waals surface area contributed by atoms with Crippen molar-refractivity contribution in [2.75, 3.05) is 5.32 Å². The van der Waals surface area contributed by atoms with Crippen molar-refractivity contribution in [3.05, 3.63) is 50.1 Å². The number of aryl methyl sites for hydroxylation is 2. The van der Waals surface area contributed by atoms with Crippen molar-refractivity contribution in [1.29, 1.82) is 0 Å². The molecule has 1 aromatic heterocycles. The molecule has 0 fully saturated rings. The van der Waals surface area contributed by atoms with Gasteiger partial charge in [0, 0.05) is 10.6 Å². The van der Waals surface area contributed by atoms with Gasteiger partial charge in [0.1, 0.15) is 0 Å². The molecule has 0 radical (unpaired) electrons. The maximum atomic E-state index is 5.88. The van der Waals surface area contributed by atoms with Gasteiger partial charge in [-0.25, -0.2) is 4.99 Å². The molecular formula is C14H17BrIN3S. The highest BCUT2D eigenvalue weighted by Gasteiger charge is 1.99. The predicted octanol–water partition coefficient (Wildman–Crippen LogP) is 4.67. The molecular weight excluding hydrogens is 449 g/mol. The number of aliphatic imine (C=N–C) groups is 1. The van der Waals surface area contributed by atoms with E-state index in [2.05, 4.69) is 52.2 Å². The van der Waals surface area contributed by atoms with Gasteiger partial charge < -0.3 is 11.1 Å². The Kier molecular flexibility index (Phi) is 6.97. The molecule has 0 spiro atoms. The van der Waals surface area contributed by atoms with Crippen LogP contribution in [-0.4, -0.2) is 5.96 Å². The summed E-state index contributed by atoms with van der Waals surface area (Å²) in [5.41, 5.74) is 9.35. The van der Waals surface area contributed by atoms with Crippen LogP contribution in [0.1, 0.15) is 16.0 Å². The third kappa shape index (κ3) is 5.06. The first kappa shape index (κ1) is 17.5. The largest absolute Gasteiger partial charge is 0.370 e. The number of hydrogen-bond donors (Lipinski definition) is 2. The Labute approximate surface area is 148 Å². The summed E-state index contributed by atoms with van der Waals surface area (Å²) in [5.74, 6) is 0.438. The number of anilines is 1. The first-order valence-corrected chi connectivity index (χ1v) is 7.54. The van der Waals surface area contributed by atoms with Crippen molar-refractivity contribution in [2.24, 2.45) is 10.7 Å². The van der Waals surface area contributed by atoms with Crippen LogP contribution in [0.25, 0.3) is 0 Å². The molecule has 0 saturated carbocycles. The van der Waals surface area contributed by atoms with E-state index in [0.29, 0.717) is 12.5 Å². The number of benzene rings is 1. The monoisotopic (exact) mass is 465 g/mol. The third-order valence-corrected chi connectivity index (χ3v) is 4.42. The van der Waals surface area contributed by atoms with Crippen molar-refractivity contribution in [2.45, 2.75) is 20.4 Å². The molecule has 2 rings (SSSR count). The molecule has 2 aromatic rings. The molecule has 0 bridgehead atoms. The number of halogens is 2. The summed E-state index contributed by atoms with van der Waals surface area (Å²) in [6.45, 7) is 4.77. The molecule has 20 heavy (non-hydrogen) atoms. The minimum Gasteiger partial charge on any atom is -0.370 e. The smallest absolute Gasteiger partial charge is 0.193 e. The van der Waals surface area contributed by atoms with Gasteiger partial charge in [-0.2, -0.15) is 0 Å². The maximum Gasteiger partial charge on any atom is 0.193 e. The van der Waals surface area contributed by atoms with Gasteiger partial charge in [0.2, 0.25) is 0 Å². The zero-order chi connectivity index (χ0) is 13.8. The lowest BCUT2D eigenvalue weighted by molar-refractivity contribution is 1.09. The minimum atomic E-state index is 0. The number of thiophene rings is 1. The fourth-order valence-corrected chi connectivity index (χ4v) is 3.01. The number of nitrogens with one attached hydrogen (secondary N) is 1. The molecule has 0 amide bonds. The Hall–Kier alpha value is -0.600. The summed E-state index contributed by atoms with van der Waals surface area (Å²) < 4.78 is 1.11. The summed E-state index contributed by atoms with van der Waals surface area (Å²) in [5, 5.41) is 3.11. The van der Waals surface area contributed by atoms with Gasteiger partial charge in [-0.3, -0.25) is 0 Å². The SMILES string of the molecule is Cc1ccc(NC(N)=NCc2ccc(Br)s2)cc1C.I. The van der Waals surface area contributed by atoms with Gasteiger partial charge in [0.05, 0.1) is 10.3 Å². The molecule has 0 aliphatic heterocycles. The van der Waals surface area contributed by atoms with Crippen LogP contribution in [0.15, 0.2) is 39.1 Å². The van der Waals surface area contributed by atoms with E-state index in [4.69, 9.17) is 5.73 Å². The van der Waals surface area contributed by atoms with Gasteiger partial charge in [0.15, 0.2) is 5.96 Å². The van der Waals surface area contributed by atoms with E-state index < -0.39 is 0 Å². The van der Waals surface area contributed by atoms with Gasteiger partial charge in [-0.05, 0) is 65.2 Å². The average molecular weight is 466 g/mol. The quantitative estimate of drug-likeness (QED) is 0.393. The lowest BCUT2D eigenvalue weighted by atomic mass is 10.1. The molecule has 1 heterocycles. The van der Waals surface area contributed by atoms with E-state index >= 15 is 0 Å². The predicted molar refractivity (Wildman–Crippen MR) is 102 cm³/mol. The fraction of sp³-hybridized carbons (Fsp3) is 0.214. The highest BCUT2D eigenvalue weighted by molar-refractivity contribution is 14.0. The van der Waals surface area contributed by atoms with Crippen molar-refractivity contribution in [3.8, 4) is 0 Å². The van der Waals surface area contributed by atoms with Crippen molar-refractivity contribution < 1.29 is 0 Å². The fourth-order valence-electron chi connectivity index (χ4n) is 1.61. The van der Waals surface area contributed by atoms with E-state index in [-0.39, 0.29) is 24.0 Å². The molecule has 108 valence electrons. The number of nitrogens with zero attached hydrogens (tertiary/aromatic N) is 1. The van der Waals surface area contributed by atoms with Gasteiger partial charge >= 0.3 is 0 Å². The van der Waals surface area contributed by atoms with Crippen LogP contribution in [0.4, 0.5) is 5.69 Å². The Bertz CT molecular complexity index is 610. The second kappa shape index (κ2) is 7.99. The highest BCUT2D eigenvalue weighted by atomic mass is 127. The molecule has 3 nitrogen and oxygen atoms in total. The van der Waals surface area contributed by atoms with Crippen LogP contribution < -0.4 is 11.1 Å². The normalized spacial score (nSPS) is 11.1. The first-order chi connectivity index (χ1) is 9.04. The Balaban J connectivity index is 0.00000200. The van der Waals surface area contributed by atoms with E-state index in [1.165, 1.54) is 16.0 Å². The molecule has 0 saturated heterocycles. The lowest BCUT2D eigenvalue weighted by Crippen LogP contribution is -2.22. The lowest BCUT2D eigenvalue weighted by Gasteiger charge is -2.07. The maximum absolute atomic E-state index is 5.88. The molecule has 0 aliphatic carbocycles. The van der Waals surface area contributed by atoms with Gasteiger partial charge in [0.25, 0.3) is 0 Å². The summed E-state index contributed by atoms with van der Waals surface area (Å²) in [4.78, 5) is 5.51. The second-order valence-electron chi connectivity index (χ2n) is 4.33. The number of guanidine groups is 1. The molecule has 0 atom stereocenters. The molecule has 3 N–H and O–H groups in total. The van der Waals surface area contributed by atoms with Crippen LogP contribution in [0.5, 0.6) is 0 Å². The van der Waals surface area contributed by atoms with Gasteiger partial charge in [-0.1, -0.05) is 6.07 Å². The van der Waals surface area contributed by atoms with Gasteiger partial charge in [-0.15, -0.1) is 35.3 Å². The molecule has 0 aliphatic rings. The average Bonchev–Trinajstić information content (AvgIpc) is 2.77. The Morgan fingerprint density at radius 2 is 2.00 bits per heavy atom. The molecule has 1 aromatic carbocycles. The highest BCUT2D eigenvalue weighted by Crippen LogP contribution is 2.22. The topological polar surface area (TPSA) is 50.4 Å². The zero-order valence-corrected chi connectivity index (χ0v) is 16.0. The summed E-state index contributed by atoms with van der Waals surface area (Å²) in [6, 6.07) is 10.2. The van der Waals surface area contributed by atoms with Crippen molar-refractivity contribution in [3.63, 3.8) is 0 Å². The number of hydrogen-bond acceptors (Lipinski definition) is 2. The van der Waals surface area contributed by atoms with E-state index in [9.17, 15) is 0 Å². The van der Waals surface area contributed by atoms with Crippen LogP contribution in [0, 0.1) is 13.8 Å². The van der Waals surface area contributed by atoms with Crippen LogP contribution >= 0.6 is 51.2 Å². The summed E-state index contributed by atoms with van der Waals surface area (Å²) in [6.07, 6.45) is 0. The van der Waals surface area contributed by atoms with Crippen LogP contribution in [-0.2, 0) is 6.54 Å². The van der Waals surface area contributed by atoms with E-state index in [0.717, 1.165) is 9.47 Å². The van der Waals surface area contributed by atoms with Crippen molar-refractivity contribution >= 4 is 62.9 Å². The molecule has 0 unspecified atom stereocenters. The van der Waals surface area contributed by atoms with E-state index in [1.807, 2.05) is 18.2 Å². The summed E-state index contributed by atoms with van der Waals surface area (Å²) in [7, 11) is 0. The zero-order valence-electron chi connectivity index (χ0n) is 11.3. The Morgan fingerprint density at radius 3 is 2.60 bits per heavy atom.